The van der Waals surface area contributed by atoms with E-state index in [0.29, 0.717) is 11.4 Å². The number of nitrogens with one attached hydrogen (secondary N) is 2. The first-order valence-electron chi connectivity index (χ1n) is 7.40. The van der Waals surface area contributed by atoms with E-state index in [1.165, 1.54) is 0 Å². The highest BCUT2D eigenvalue weighted by Crippen LogP contribution is 2.21. The molecular weight excluding hydrogens is 306 g/mol. The summed E-state index contributed by atoms with van der Waals surface area (Å²) in [7, 11) is 1.63. The normalized spacial score (nSPS) is 10.2. The summed E-state index contributed by atoms with van der Waals surface area (Å²) >= 11 is 0. The second-order valence-electron chi connectivity index (χ2n) is 5.22. The zero-order chi connectivity index (χ0) is 16.9. The third-order valence-corrected chi connectivity index (χ3v) is 3.37. The van der Waals surface area contributed by atoms with Crippen molar-refractivity contribution in [3.05, 3.63) is 66.1 Å². The molecule has 0 aliphatic rings. The molecule has 6 nitrogen and oxygen atoms in total. The number of rotatable bonds is 5. The first kappa shape index (κ1) is 15.6. The van der Waals surface area contributed by atoms with Gasteiger partial charge in [-0.15, -0.1) is 0 Å². The number of amides is 1. The molecule has 3 rings (SSSR count). The Bertz CT molecular complexity index is 823. The van der Waals surface area contributed by atoms with Gasteiger partial charge in [0.1, 0.15) is 5.75 Å². The number of aromatic nitrogens is 1. The SMILES string of the molecule is COc1ccc(Nc2ccc(NC(=O)c3cc(C)no3)cc2)cc1. The summed E-state index contributed by atoms with van der Waals surface area (Å²) in [6.45, 7) is 1.76. The molecule has 0 radical (unpaired) electrons. The Morgan fingerprint density at radius 1 is 1.00 bits per heavy atom. The van der Waals surface area contributed by atoms with Crippen LogP contribution in [0.1, 0.15) is 16.2 Å². The van der Waals surface area contributed by atoms with E-state index in [1.807, 2.05) is 48.5 Å². The van der Waals surface area contributed by atoms with Crippen LogP contribution < -0.4 is 15.4 Å². The third kappa shape index (κ3) is 3.73. The number of hydrogen-bond donors (Lipinski definition) is 2. The fourth-order valence-electron chi connectivity index (χ4n) is 2.14. The summed E-state index contributed by atoms with van der Waals surface area (Å²) in [4.78, 5) is 12.0. The molecule has 0 fully saturated rings. The molecule has 2 N–H and O–H groups in total. The molecule has 0 atom stereocenters. The molecule has 122 valence electrons. The Kier molecular flexibility index (Phi) is 4.47. The quantitative estimate of drug-likeness (QED) is 0.742. The van der Waals surface area contributed by atoms with E-state index in [4.69, 9.17) is 9.26 Å². The van der Waals surface area contributed by atoms with Gasteiger partial charge in [-0.3, -0.25) is 4.79 Å². The Labute approximate surface area is 139 Å². The van der Waals surface area contributed by atoms with E-state index in [0.717, 1.165) is 17.1 Å². The van der Waals surface area contributed by atoms with Crippen molar-refractivity contribution in [2.75, 3.05) is 17.7 Å². The molecule has 0 unspecified atom stereocenters. The predicted octanol–water partition coefficient (Wildman–Crippen LogP) is 3.99. The van der Waals surface area contributed by atoms with Gasteiger partial charge in [-0.05, 0) is 55.5 Å². The highest BCUT2D eigenvalue weighted by Gasteiger charge is 2.11. The molecule has 24 heavy (non-hydrogen) atoms. The minimum Gasteiger partial charge on any atom is -0.497 e. The molecule has 1 amide bonds. The van der Waals surface area contributed by atoms with Crippen molar-refractivity contribution in [1.82, 2.24) is 5.16 Å². The summed E-state index contributed by atoms with van der Waals surface area (Å²) in [6.07, 6.45) is 0. The lowest BCUT2D eigenvalue weighted by atomic mass is 10.2. The molecule has 0 spiro atoms. The molecule has 1 heterocycles. The predicted molar refractivity (Wildman–Crippen MR) is 91.9 cm³/mol. The maximum absolute atomic E-state index is 12.0. The molecule has 0 bridgehead atoms. The van der Waals surface area contributed by atoms with Gasteiger partial charge in [0.2, 0.25) is 5.76 Å². The molecule has 3 aromatic rings. The van der Waals surface area contributed by atoms with Crippen LogP contribution in [0.3, 0.4) is 0 Å². The monoisotopic (exact) mass is 323 g/mol. The highest BCUT2D eigenvalue weighted by molar-refractivity contribution is 6.02. The average molecular weight is 323 g/mol. The van der Waals surface area contributed by atoms with E-state index in [9.17, 15) is 4.79 Å². The fraction of sp³-hybridized carbons (Fsp3) is 0.111. The molecule has 6 heteroatoms. The zero-order valence-electron chi connectivity index (χ0n) is 13.4. The third-order valence-electron chi connectivity index (χ3n) is 3.37. The maximum atomic E-state index is 12.0. The number of ether oxygens (including phenoxy) is 1. The van der Waals surface area contributed by atoms with Crippen LogP contribution >= 0.6 is 0 Å². The van der Waals surface area contributed by atoms with Crippen LogP contribution in [0, 0.1) is 6.92 Å². The first-order chi connectivity index (χ1) is 11.6. The van der Waals surface area contributed by atoms with E-state index >= 15 is 0 Å². The van der Waals surface area contributed by atoms with Crippen molar-refractivity contribution in [2.24, 2.45) is 0 Å². The maximum Gasteiger partial charge on any atom is 0.294 e. The van der Waals surface area contributed by atoms with Crippen molar-refractivity contribution < 1.29 is 14.1 Å². The number of methoxy groups -OCH3 is 1. The van der Waals surface area contributed by atoms with Crippen LogP contribution in [-0.2, 0) is 0 Å². The number of hydrogen-bond acceptors (Lipinski definition) is 5. The number of benzene rings is 2. The van der Waals surface area contributed by atoms with Crippen LogP contribution in [0.25, 0.3) is 0 Å². The summed E-state index contributed by atoms with van der Waals surface area (Å²) in [5, 5.41) is 9.73. The molecular formula is C18H17N3O3. The number of carbonyl (C=O) groups is 1. The van der Waals surface area contributed by atoms with Gasteiger partial charge in [0, 0.05) is 23.1 Å². The molecule has 2 aromatic carbocycles. The van der Waals surface area contributed by atoms with E-state index in [2.05, 4.69) is 15.8 Å². The van der Waals surface area contributed by atoms with Crippen molar-refractivity contribution in [3.63, 3.8) is 0 Å². The number of nitrogens with zero attached hydrogens (tertiary/aromatic N) is 1. The van der Waals surface area contributed by atoms with E-state index in [1.54, 1.807) is 20.1 Å². The molecule has 1 aromatic heterocycles. The minimum atomic E-state index is -0.327. The Hall–Kier alpha value is -3.28. The van der Waals surface area contributed by atoms with Crippen LogP contribution in [0.15, 0.2) is 59.1 Å². The zero-order valence-corrected chi connectivity index (χ0v) is 13.4. The summed E-state index contributed by atoms with van der Waals surface area (Å²) in [5.74, 6) is 0.667. The second kappa shape index (κ2) is 6.87. The lowest BCUT2D eigenvalue weighted by molar-refractivity contribution is 0.0988. The average Bonchev–Trinajstić information content (AvgIpc) is 3.04. The van der Waals surface area contributed by atoms with Gasteiger partial charge in [0.05, 0.1) is 12.8 Å². The second-order valence-corrected chi connectivity index (χ2v) is 5.22. The Morgan fingerprint density at radius 3 is 2.12 bits per heavy atom. The summed E-state index contributed by atoms with van der Waals surface area (Å²) in [6, 6.07) is 16.6. The molecule has 0 saturated carbocycles. The van der Waals surface area contributed by atoms with Crippen molar-refractivity contribution in [1.29, 1.82) is 0 Å². The fourth-order valence-corrected chi connectivity index (χ4v) is 2.14. The number of anilines is 3. The molecule has 0 aliphatic heterocycles. The minimum absolute atomic E-state index is 0.188. The van der Waals surface area contributed by atoms with Crippen LogP contribution in [0.2, 0.25) is 0 Å². The number of carbonyl (C=O) groups excluding carboxylic acids is 1. The van der Waals surface area contributed by atoms with Gasteiger partial charge >= 0.3 is 0 Å². The van der Waals surface area contributed by atoms with Crippen LogP contribution in [0.4, 0.5) is 17.1 Å². The van der Waals surface area contributed by atoms with Gasteiger partial charge in [-0.2, -0.15) is 0 Å². The van der Waals surface area contributed by atoms with Crippen LogP contribution in [-0.4, -0.2) is 18.2 Å². The van der Waals surface area contributed by atoms with Crippen molar-refractivity contribution in [2.45, 2.75) is 6.92 Å². The standard InChI is InChI=1S/C18H17N3O3/c1-12-11-17(24-21-12)18(22)20-15-5-3-13(4-6-15)19-14-7-9-16(23-2)10-8-14/h3-11,19H,1-2H3,(H,20,22). The molecule has 0 aliphatic carbocycles. The Balaban J connectivity index is 1.63. The highest BCUT2D eigenvalue weighted by atomic mass is 16.5. The lowest BCUT2D eigenvalue weighted by Gasteiger charge is -2.08. The van der Waals surface area contributed by atoms with Gasteiger partial charge in [0.25, 0.3) is 5.91 Å². The molecule has 0 saturated heterocycles. The van der Waals surface area contributed by atoms with Gasteiger partial charge in [-0.25, -0.2) is 0 Å². The van der Waals surface area contributed by atoms with Crippen molar-refractivity contribution >= 4 is 23.0 Å². The first-order valence-corrected chi connectivity index (χ1v) is 7.40. The van der Waals surface area contributed by atoms with Gasteiger partial charge in [0.15, 0.2) is 0 Å². The van der Waals surface area contributed by atoms with E-state index in [-0.39, 0.29) is 11.7 Å². The van der Waals surface area contributed by atoms with Crippen LogP contribution in [0.5, 0.6) is 5.75 Å². The topological polar surface area (TPSA) is 76.4 Å². The smallest absolute Gasteiger partial charge is 0.294 e. The largest absolute Gasteiger partial charge is 0.497 e. The number of aryl methyl sites for hydroxylation is 1. The Morgan fingerprint density at radius 2 is 1.58 bits per heavy atom. The van der Waals surface area contributed by atoms with Gasteiger partial charge in [-0.1, -0.05) is 5.16 Å². The summed E-state index contributed by atoms with van der Waals surface area (Å²) < 4.78 is 10.1. The van der Waals surface area contributed by atoms with Gasteiger partial charge < -0.3 is 19.9 Å². The van der Waals surface area contributed by atoms with E-state index < -0.39 is 0 Å². The lowest BCUT2D eigenvalue weighted by Crippen LogP contribution is -2.10. The summed E-state index contributed by atoms with van der Waals surface area (Å²) in [5.41, 5.74) is 3.20. The van der Waals surface area contributed by atoms with Crippen molar-refractivity contribution in [3.8, 4) is 5.75 Å².